The van der Waals surface area contributed by atoms with E-state index in [-0.39, 0.29) is 12.5 Å². The van der Waals surface area contributed by atoms with Crippen LogP contribution in [0.4, 0.5) is 38.1 Å². The number of fused-ring (bicyclic) bond motifs is 1. The highest BCUT2D eigenvalue weighted by molar-refractivity contribution is 6.03. The second kappa shape index (κ2) is 9.63. The van der Waals surface area contributed by atoms with Gasteiger partial charge in [0.05, 0.1) is 17.9 Å². The van der Waals surface area contributed by atoms with Crippen LogP contribution in [0.2, 0.25) is 0 Å². The molecule has 34 heavy (non-hydrogen) atoms. The zero-order chi connectivity index (χ0) is 25.3. The van der Waals surface area contributed by atoms with Gasteiger partial charge in [0.15, 0.2) is 6.10 Å². The number of nitrogens with one attached hydrogen (secondary N) is 2. The maximum atomic E-state index is 13.3. The first-order valence-electron chi connectivity index (χ1n) is 10.6. The summed E-state index contributed by atoms with van der Waals surface area (Å²) in [6.45, 7) is -0.334. The fourth-order valence-electron chi connectivity index (χ4n) is 3.45. The number of likely N-dealkylation sites (N-methyl/N-ethyl adjacent to an activating group) is 1. The molecule has 3 amide bonds. The summed E-state index contributed by atoms with van der Waals surface area (Å²) in [7, 11) is 1.75. The van der Waals surface area contributed by atoms with Crippen LogP contribution < -0.4 is 20.4 Å². The van der Waals surface area contributed by atoms with Crippen molar-refractivity contribution in [3.8, 4) is 0 Å². The molecule has 2 aliphatic rings. The van der Waals surface area contributed by atoms with Gasteiger partial charge in [0.1, 0.15) is 6.04 Å². The smallest absolute Gasteiger partial charge is 0.436 e. The number of para-hydroxylation sites is 2. The fourth-order valence-corrected chi connectivity index (χ4v) is 3.45. The number of rotatable bonds is 7. The Morgan fingerprint density at radius 2 is 1.76 bits per heavy atom. The fraction of sp³-hybridized carbons (Fsp3) is 0.571. The molecule has 1 aliphatic carbocycles. The van der Waals surface area contributed by atoms with Crippen molar-refractivity contribution in [2.24, 2.45) is 5.92 Å². The number of alkyl carbamates (subject to hydrolysis) is 1. The molecule has 0 aromatic heterocycles. The molecule has 1 saturated carbocycles. The van der Waals surface area contributed by atoms with E-state index in [9.17, 15) is 36.3 Å². The van der Waals surface area contributed by atoms with Gasteiger partial charge in [-0.2, -0.15) is 22.0 Å². The number of halogens is 5. The Bertz CT molecular complexity index is 938. The minimum absolute atomic E-state index is 0.111. The zero-order valence-corrected chi connectivity index (χ0v) is 18.5. The first-order chi connectivity index (χ1) is 15.8. The van der Waals surface area contributed by atoms with Gasteiger partial charge < -0.3 is 25.2 Å². The van der Waals surface area contributed by atoms with Crippen molar-refractivity contribution < 1.29 is 41.1 Å². The van der Waals surface area contributed by atoms with Crippen molar-refractivity contribution in [3.63, 3.8) is 0 Å². The molecule has 0 bridgehead atoms. The lowest BCUT2D eigenvalue weighted by Crippen LogP contribution is -2.54. The highest BCUT2D eigenvalue weighted by Crippen LogP contribution is 2.37. The van der Waals surface area contributed by atoms with E-state index in [1.807, 2.05) is 18.2 Å². The number of carbonyl (C=O) groups is 3. The molecule has 1 fully saturated rings. The molecule has 3 rings (SSSR count). The molecule has 2 atom stereocenters. The minimum Gasteiger partial charge on any atom is -0.436 e. The number of hydrogen-bond donors (Lipinski definition) is 2. The summed E-state index contributed by atoms with van der Waals surface area (Å²) in [4.78, 5) is 40.9. The number of ether oxygens (including phenoxy) is 1. The molecule has 13 heteroatoms. The lowest BCUT2D eigenvalue weighted by atomic mass is 10.2. The van der Waals surface area contributed by atoms with Gasteiger partial charge in [0.2, 0.25) is 0 Å². The third-order valence-corrected chi connectivity index (χ3v) is 5.58. The van der Waals surface area contributed by atoms with E-state index in [0.29, 0.717) is 18.2 Å². The van der Waals surface area contributed by atoms with Gasteiger partial charge in [-0.25, -0.2) is 4.79 Å². The largest absolute Gasteiger partial charge is 0.455 e. The molecule has 188 valence electrons. The molecule has 2 N–H and O–H groups in total. The predicted molar refractivity (Wildman–Crippen MR) is 112 cm³/mol. The first-order valence-corrected chi connectivity index (χ1v) is 10.6. The van der Waals surface area contributed by atoms with Crippen LogP contribution in [-0.4, -0.2) is 68.8 Å². The Labute approximate surface area is 192 Å². The maximum absolute atomic E-state index is 13.3. The maximum Gasteiger partial charge on any atom is 0.455 e. The second-order valence-electron chi connectivity index (χ2n) is 8.43. The molecular formula is C21H25F5N4O4. The second-order valence-corrected chi connectivity index (χ2v) is 8.43. The molecule has 8 nitrogen and oxygen atoms in total. The van der Waals surface area contributed by atoms with Crippen LogP contribution in [0.15, 0.2) is 24.3 Å². The summed E-state index contributed by atoms with van der Waals surface area (Å²) in [5.74, 6) is -6.06. The SMILES string of the molecule is C[C@H](OC(=O)NCC(F)(F)C(F)(F)F)C(=O)N[C@H]1CN(C)c2ccccc2N(CC2CC2)C1=O. The Kier molecular flexibility index (Phi) is 7.22. The first kappa shape index (κ1) is 25.5. The Morgan fingerprint density at radius 1 is 1.15 bits per heavy atom. The van der Waals surface area contributed by atoms with Crippen LogP contribution in [0.1, 0.15) is 19.8 Å². The van der Waals surface area contributed by atoms with Gasteiger partial charge in [-0.3, -0.25) is 9.59 Å². The monoisotopic (exact) mass is 492 g/mol. The Hall–Kier alpha value is -3.12. The summed E-state index contributed by atoms with van der Waals surface area (Å²) in [5, 5.41) is 3.79. The van der Waals surface area contributed by atoms with Crippen molar-refractivity contribution in [1.82, 2.24) is 10.6 Å². The average Bonchev–Trinajstić information content (AvgIpc) is 3.58. The quantitative estimate of drug-likeness (QED) is 0.572. The molecular weight excluding hydrogens is 467 g/mol. The van der Waals surface area contributed by atoms with E-state index in [4.69, 9.17) is 0 Å². The van der Waals surface area contributed by atoms with Crippen LogP contribution >= 0.6 is 0 Å². The van der Waals surface area contributed by atoms with Crippen LogP contribution in [0.25, 0.3) is 0 Å². The minimum atomic E-state index is -5.85. The summed E-state index contributed by atoms with van der Waals surface area (Å²) < 4.78 is 67.1. The van der Waals surface area contributed by atoms with Gasteiger partial charge in [-0.1, -0.05) is 12.1 Å². The molecule has 1 aromatic rings. The molecule has 0 saturated heterocycles. The topological polar surface area (TPSA) is 91.0 Å². The van der Waals surface area contributed by atoms with Crippen LogP contribution in [0, 0.1) is 5.92 Å². The highest BCUT2D eigenvalue weighted by Gasteiger charge is 2.57. The zero-order valence-electron chi connectivity index (χ0n) is 18.5. The number of anilines is 2. The number of alkyl halides is 5. The standard InChI is InChI=1S/C21H25F5N4O4/c1-12(34-19(33)27-11-20(22,23)21(24,25)26)17(31)28-14-10-29(2)15-5-3-4-6-16(15)30(18(14)32)9-13-7-8-13/h3-6,12-14H,7-11H2,1-2H3,(H,27,33)(H,28,31)/t12-,14-/m0/s1. The summed E-state index contributed by atoms with van der Waals surface area (Å²) in [6, 6.07) is 6.27. The van der Waals surface area contributed by atoms with Gasteiger partial charge in [-0.05, 0) is 37.8 Å². The third-order valence-electron chi connectivity index (χ3n) is 5.58. The molecule has 1 heterocycles. The van der Waals surface area contributed by atoms with E-state index in [2.05, 4.69) is 10.1 Å². The number of amides is 3. The molecule has 0 radical (unpaired) electrons. The number of carbonyl (C=O) groups excluding carboxylic acids is 3. The van der Waals surface area contributed by atoms with Crippen molar-refractivity contribution in [1.29, 1.82) is 0 Å². The van der Waals surface area contributed by atoms with Crippen molar-refractivity contribution in [3.05, 3.63) is 24.3 Å². The lowest BCUT2D eigenvalue weighted by molar-refractivity contribution is -0.278. The summed E-state index contributed by atoms with van der Waals surface area (Å²) in [6.07, 6.45) is -7.05. The van der Waals surface area contributed by atoms with Gasteiger partial charge >= 0.3 is 18.2 Å². The number of nitrogens with zero attached hydrogens (tertiary/aromatic N) is 2. The van der Waals surface area contributed by atoms with E-state index < -0.39 is 42.8 Å². The van der Waals surface area contributed by atoms with Gasteiger partial charge in [-0.15, -0.1) is 0 Å². The van der Waals surface area contributed by atoms with E-state index in [1.165, 1.54) is 5.32 Å². The van der Waals surface area contributed by atoms with E-state index in [1.54, 1.807) is 22.9 Å². The number of hydrogen-bond acceptors (Lipinski definition) is 5. The van der Waals surface area contributed by atoms with Crippen LogP contribution in [-0.2, 0) is 14.3 Å². The van der Waals surface area contributed by atoms with Crippen molar-refractivity contribution >= 4 is 29.3 Å². The third kappa shape index (κ3) is 5.86. The number of benzene rings is 1. The van der Waals surface area contributed by atoms with E-state index in [0.717, 1.165) is 25.5 Å². The predicted octanol–water partition coefficient (Wildman–Crippen LogP) is 2.68. The molecule has 1 aromatic carbocycles. The van der Waals surface area contributed by atoms with Crippen molar-refractivity contribution in [2.75, 3.05) is 36.5 Å². The van der Waals surface area contributed by atoms with Crippen LogP contribution in [0.3, 0.4) is 0 Å². The molecule has 0 unspecified atom stereocenters. The van der Waals surface area contributed by atoms with Gasteiger partial charge in [0.25, 0.3) is 11.8 Å². The lowest BCUT2D eigenvalue weighted by Gasteiger charge is -2.26. The van der Waals surface area contributed by atoms with Gasteiger partial charge in [0, 0.05) is 20.1 Å². The Morgan fingerprint density at radius 3 is 2.35 bits per heavy atom. The Balaban J connectivity index is 1.63. The molecule has 0 spiro atoms. The van der Waals surface area contributed by atoms with Crippen LogP contribution in [0.5, 0.6) is 0 Å². The average molecular weight is 492 g/mol. The summed E-state index contributed by atoms with van der Waals surface area (Å²) >= 11 is 0. The highest BCUT2D eigenvalue weighted by atomic mass is 19.4. The molecule has 1 aliphatic heterocycles. The summed E-state index contributed by atoms with van der Waals surface area (Å²) in [5.41, 5.74) is 1.50. The normalized spacial score (nSPS) is 19.7. The van der Waals surface area contributed by atoms with Crippen molar-refractivity contribution in [2.45, 2.75) is 44.0 Å². The van der Waals surface area contributed by atoms with E-state index >= 15 is 0 Å².